The van der Waals surface area contributed by atoms with Crippen molar-refractivity contribution >= 4 is 47.2 Å². The molecule has 5 nitrogen and oxygen atoms in total. The number of nitrogens with two attached hydrogens (primary N) is 1. The van der Waals surface area contributed by atoms with Gasteiger partial charge in [-0.1, -0.05) is 35.3 Å². The van der Waals surface area contributed by atoms with Gasteiger partial charge in [-0.3, -0.25) is 5.32 Å². The summed E-state index contributed by atoms with van der Waals surface area (Å²) >= 11 is 8.71. The molecule has 0 radical (unpaired) electrons. The number of hydrogen-bond acceptors (Lipinski definition) is 7. The van der Waals surface area contributed by atoms with Crippen LogP contribution in [-0.2, 0) is 0 Å². The molecule has 0 saturated heterocycles. The molecule has 4 N–H and O–H groups in total. The fourth-order valence-electron chi connectivity index (χ4n) is 0.725. The van der Waals surface area contributed by atoms with Crippen LogP contribution in [0, 0.1) is 0 Å². The molecule has 1 aliphatic rings. The van der Waals surface area contributed by atoms with E-state index in [-0.39, 0.29) is 5.96 Å². The molecular weight excluding hydrogens is 230 g/mol. The van der Waals surface area contributed by atoms with Gasteiger partial charge in [-0.25, -0.2) is 0 Å². The van der Waals surface area contributed by atoms with E-state index < -0.39 is 4.45 Å². The van der Waals surface area contributed by atoms with Crippen molar-refractivity contribution in [3.63, 3.8) is 0 Å². The summed E-state index contributed by atoms with van der Waals surface area (Å²) in [6.45, 7) is 0. The monoisotopic (exact) mass is 239 g/mol. The van der Waals surface area contributed by atoms with Crippen LogP contribution in [0.5, 0.6) is 0 Å². The number of nitrogens with one attached hydrogen (secondary N) is 2. The van der Waals surface area contributed by atoms with E-state index in [2.05, 4.69) is 20.0 Å². The Hall–Kier alpha value is -0.270. The average Bonchev–Trinajstić information content (AvgIpc) is 2.03. The summed E-state index contributed by atoms with van der Waals surface area (Å²) in [5.74, 6) is 0.778. The maximum Gasteiger partial charge on any atom is 0.281 e. The molecule has 0 fully saturated rings. The summed E-state index contributed by atoms with van der Waals surface area (Å²) in [7, 11) is 0. The van der Waals surface area contributed by atoms with E-state index in [1.807, 2.05) is 12.5 Å². The van der Waals surface area contributed by atoms with E-state index in [0.717, 1.165) is 0 Å². The molecule has 13 heavy (non-hydrogen) atoms. The standard InChI is InChI=1S/C5H10ClN5S2/c1-12-5(6)9-3(7)8-4(10-5)11-13-2/h1-2H3,(H4,7,8,9,10,11). The van der Waals surface area contributed by atoms with Crippen LogP contribution in [0.3, 0.4) is 0 Å². The van der Waals surface area contributed by atoms with Gasteiger partial charge in [-0.05, 0) is 6.26 Å². The summed E-state index contributed by atoms with van der Waals surface area (Å²) in [5, 5.41) is 2.75. The average molecular weight is 240 g/mol. The Morgan fingerprint density at radius 2 is 2.23 bits per heavy atom. The SMILES string of the molecule is CSNC1=NC(Cl)(SC)N=C(N)N1. The zero-order valence-electron chi connectivity index (χ0n) is 7.17. The van der Waals surface area contributed by atoms with Crippen molar-refractivity contribution in [3.05, 3.63) is 0 Å². The molecule has 74 valence electrons. The van der Waals surface area contributed by atoms with Crippen LogP contribution in [0.2, 0.25) is 0 Å². The van der Waals surface area contributed by atoms with Crippen molar-refractivity contribution in [2.75, 3.05) is 12.5 Å². The number of rotatable bonds is 2. The molecule has 1 rings (SSSR count). The molecule has 0 bridgehead atoms. The molecule has 1 heterocycles. The third-order valence-electron chi connectivity index (χ3n) is 1.21. The van der Waals surface area contributed by atoms with Gasteiger partial charge in [0, 0.05) is 6.26 Å². The lowest BCUT2D eigenvalue weighted by Crippen LogP contribution is -2.47. The maximum absolute atomic E-state index is 6.00. The lowest BCUT2D eigenvalue weighted by molar-refractivity contribution is 0.849. The second kappa shape index (κ2) is 4.30. The molecule has 0 aromatic heterocycles. The number of nitrogens with zero attached hydrogens (tertiary/aromatic N) is 2. The minimum Gasteiger partial charge on any atom is -0.369 e. The number of hydrogen-bond donors (Lipinski definition) is 3. The highest BCUT2D eigenvalue weighted by atomic mass is 35.5. The second-order valence-electron chi connectivity index (χ2n) is 2.12. The van der Waals surface area contributed by atoms with E-state index >= 15 is 0 Å². The third-order valence-corrected chi connectivity index (χ3v) is 2.94. The van der Waals surface area contributed by atoms with Crippen LogP contribution in [0.15, 0.2) is 9.98 Å². The van der Waals surface area contributed by atoms with Crippen molar-refractivity contribution in [2.24, 2.45) is 15.7 Å². The Morgan fingerprint density at radius 1 is 1.54 bits per heavy atom. The van der Waals surface area contributed by atoms with E-state index in [0.29, 0.717) is 5.96 Å². The first-order valence-electron chi connectivity index (χ1n) is 3.35. The fourth-order valence-corrected chi connectivity index (χ4v) is 1.56. The number of halogens is 1. The highest BCUT2D eigenvalue weighted by molar-refractivity contribution is 8.01. The minimum absolute atomic E-state index is 0.260. The van der Waals surface area contributed by atoms with Gasteiger partial charge in [-0.2, -0.15) is 9.98 Å². The summed E-state index contributed by atoms with van der Waals surface area (Å²) < 4.78 is 1.87. The van der Waals surface area contributed by atoms with Crippen LogP contribution in [0.1, 0.15) is 0 Å². The first kappa shape index (κ1) is 10.8. The fraction of sp³-hybridized carbons (Fsp3) is 0.600. The molecule has 0 aromatic carbocycles. The van der Waals surface area contributed by atoms with Crippen LogP contribution in [0.25, 0.3) is 0 Å². The number of guanidine groups is 2. The van der Waals surface area contributed by atoms with Gasteiger partial charge in [0.25, 0.3) is 4.45 Å². The Morgan fingerprint density at radius 3 is 2.77 bits per heavy atom. The van der Waals surface area contributed by atoms with Crippen LogP contribution >= 0.6 is 35.3 Å². The normalized spacial score (nSPS) is 27.3. The molecule has 8 heteroatoms. The third kappa shape index (κ3) is 2.85. The Balaban J connectivity index is 2.80. The highest BCUT2D eigenvalue weighted by Crippen LogP contribution is 2.32. The Kier molecular flexibility index (Phi) is 3.57. The van der Waals surface area contributed by atoms with Gasteiger partial charge in [0.2, 0.25) is 5.96 Å². The van der Waals surface area contributed by atoms with Crippen molar-refractivity contribution < 1.29 is 0 Å². The van der Waals surface area contributed by atoms with Crippen LogP contribution in [0.4, 0.5) is 0 Å². The topological polar surface area (TPSA) is 74.8 Å². The van der Waals surface area contributed by atoms with E-state index in [9.17, 15) is 0 Å². The van der Waals surface area contributed by atoms with Gasteiger partial charge in [0.05, 0.1) is 0 Å². The van der Waals surface area contributed by atoms with Crippen LogP contribution in [-0.4, -0.2) is 28.9 Å². The predicted octanol–water partition coefficient (Wildman–Crippen LogP) is 0.341. The van der Waals surface area contributed by atoms with E-state index in [1.54, 1.807) is 0 Å². The first-order valence-corrected chi connectivity index (χ1v) is 6.17. The molecular formula is C5H10ClN5S2. The molecule has 0 amide bonds. The van der Waals surface area contributed by atoms with Gasteiger partial charge in [0.15, 0.2) is 5.96 Å². The summed E-state index contributed by atoms with van der Waals surface area (Å²) in [5.41, 5.74) is 5.52. The first-order chi connectivity index (χ1) is 6.09. The van der Waals surface area contributed by atoms with Gasteiger partial charge < -0.3 is 10.5 Å². The molecule has 1 unspecified atom stereocenters. The maximum atomic E-state index is 6.00. The van der Waals surface area contributed by atoms with Crippen molar-refractivity contribution in [3.8, 4) is 0 Å². The quantitative estimate of drug-likeness (QED) is 0.368. The van der Waals surface area contributed by atoms with Gasteiger partial charge >= 0.3 is 0 Å². The number of thioether (sulfide) groups is 1. The minimum atomic E-state index is -1.03. The largest absolute Gasteiger partial charge is 0.369 e. The van der Waals surface area contributed by atoms with Crippen LogP contribution < -0.4 is 15.8 Å². The zero-order chi connectivity index (χ0) is 9.90. The van der Waals surface area contributed by atoms with Crippen molar-refractivity contribution in [1.29, 1.82) is 0 Å². The zero-order valence-corrected chi connectivity index (χ0v) is 9.56. The summed E-state index contributed by atoms with van der Waals surface area (Å²) in [6, 6.07) is 0. The van der Waals surface area contributed by atoms with Gasteiger partial charge in [-0.15, -0.1) is 0 Å². The molecule has 0 spiro atoms. The summed E-state index contributed by atoms with van der Waals surface area (Å²) in [4.78, 5) is 8.05. The lowest BCUT2D eigenvalue weighted by Gasteiger charge is -2.23. The van der Waals surface area contributed by atoms with E-state index in [4.69, 9.17) is 17.3 Å². The van der Waals surface area contributed by atoms with E-state index in [1.165, 1.54) is 23.7 Å². The Labute approximate surface area is 90.1 Å². The smallest absolute Gasteiger partial charge is 0.281 e. The second-order valence-corrected chi connectivity index (χ2v) is 4.46. The molecule has 1 aliphatic heterocycles. The van der Waals surface area contributed by atoms with Crippen molar-refractivity contribution in [1.82, 2.24) is 10.0 Å². The molecule has 0 saturated carbocycles. The molecule has 1 atom stereocenters. The van der Waals surface area contributed by atoms with Gasteiger partial charge in [0.1, 0.15) is 0 Å². The van der Waals surface area contributed by atoms with Crippen molar-refractivity contribution in [2.45, 2.75) is 4.45 Å². The molecule has 0 aliphatic carbocycles. The predicted molar refractivity (Wildman–Crippen MR) is 60.9 cm³/mol. The summed E-state index contributed by atoms with van der Waals surface area (Å²) in [6.07, 6.45) is 3.69. The lowest BCUT2D eigenvalue weighted by atomic mass is 10.8. The number of aliphatic imine (C=N–C) groups is 2. The Bertz CT molecular complexity index is 255. The highest BCUT2D eigenvalue weighted by Gasteiger charge is 2.29. The molecule has 0 aromatic rings. The number of alkyl halides is 1.